The molecule has 0 radical (unpaired) electrons. The van der Waals surface area contributed by atoms with Crippen LogP contribution in [0.25, 0.3) is 16.9 Å². The van der Waals surface area contributed by atoms with E-state index in [4.69, 9.17) is 14.7 Å². The largest absolute Gasteiger partial charge is 0.455 e. The number of piperidine rings is 3. The van der Waals surface area contributed by atoms with Crippen LogP contribution in [0, 0.1) is 5.92 Å². The van der Waals surface area contributed by atoms with Gasteiger partial charge in [0, 0.05) is 37.1 Å². The summed E-state index contributed by atoms with van der Waals surface area (Å²) in [5.41, 5.74) is 1.00. The van der Waals surface area contributed by atoms with E-state index in [9.17, 15) is 9.90 Å². The molecule has 7 heterocycles. The molecule has 3 aromatic heterocycles. The zero-order valence-electron chi connectivity index (χ0n) is 25.3. The fraction of sp³-hybridized carbons (Fsp3) is 0.406. The number of fused-ring (bicyclic) bond motifs is 3. The molecule has 2 bridgehead atoms. The summed E-state index contributed by atoms with van der Waals surface area (Å²) in [4.78, 5) is 36.4. The highest BCUT2D eigenvalue weighted by atomic mass is 16.5. The Labute approximate surface area is 255 Å². The minimum absolute atomic E-state index is 0.186. The number of aliphatic imine (C=N–C) groups is 1. The molecule has 4 aromatic rings. The first-order valence-corrected chi connectivity index (χ1v) is 15.0. The third kappa shape index (κ3) is 4.83. The van der Waals surface area contributed by atoms with Gasteiger partial charge < -0.3 is 15.2 Å². The summed E-state index contributed by atoms with van der Waals surface area (Å²) in [6.07, 6.45) is 5.52. The Balaban J connectivity index is 1.13. The molecule has 0 saturated carbocycles. The molecule has 44 heavy (non-hydrogen) atoms. The van der Waals surface area contributed by atoms with Crippen molar-refractivity contribution in [2.24, 2.45) is 10.9 Å². The van der Waals surface area contributed by atoms with Gasteiger partial charge in [-0.1, -0.05) is 12.1 Å². The van der Waals surface area contributed by atoms with Crippen molar-refractivity contribution < 1.29 is 9.84 Å². The molecular formula is C32H37N9O3. The summed E-state index contributed by atoms with van der Waals surface area (Å²) in [6.45, 7) is 11.4. The first-order valence-electron chi connectivity index (χ1n) is 15.0. The van der Waals surface area contributed by atoms with E-state index in [1.165, 1.54) is 23.7 Å². The van der Waals surface area contributed by atoms with Crippen LogP contribution in [0.5, 0.6) is 0 Å². The van der Waals surface area contributed by atoms with Crippen LogP contribution in [0.15, 0.2) is 71.1 Å². The molecule has 4 aliphatic heterocycles. The molecule has 8 rings (SSSR count). The lowest BCUT2D eigenvalue weighted by molar-refractivity contribution is -0.0836. The van der Waals surface area contributed by atoms with E-state index in [1.807, 2.05) is 36.2 Å². The minimum atomic E-state index is -1.16. The van der Waals surface area contributed by atoms with Crippen LogP contribution in [0.2, 0.25) is 0 Å². The number of ether oxygens (including phenoxy) is 1. The van der Waals surface area contributed by atoms with E-state index in [-0.39, 0.29) is 17.7 Å². The minimum Gasteiger partial charge on any atom is -0.455 e. The fourth-order valence-electron chi connectivity index (χ4n) is 6.54. The molecule has 228 valence electrons. The summed E-state index contributed by atoms with van der Waals surface area (Å²) < 4.78 is 9.70. The summed E-state index contributed by atoms with van der Waals surface area (Å²) in [7, 11) is 1.98. The molecule has 3 saturated heterocycles. The average Bonchev–Trinajstić information content (AvgIpc) is 3.55. The third-order valence-electron chi connectivity index (χ3n) is 8.95. The summed E-state index contributed by atoms with van der Waals surface area (Å²) >= 11 is 0. The third-order valence-corrected chi connectivity index (χ3v) is 8.95. The van der Waals surface area contributed by atoms with E-state index in [2.05, 4.69) is 26.8 Å². The van der Waals surface area contributed by atoms with E-state index in [0.717, 1.165) is 31.0 Å². The number of pyridine rings is 1. The second-order valence-electron chi connectivity index (χ2n) is 12.4. The standard InChI is InChI=1S/C32H37N9O3/c1-5-15-40-28(42)24-18-33-29(37-27(24)41(40)26-8-6-7-25(36-26)31(2,3)43)35-22-9-11-23(12-10-22)38(4)30-34-19-32(44-30)20-39-16-13-21(32)14-17-39/h5-12,18,21,43H,1,13-17,19-20H2,2-4H3,(H,33,35,37). The van der Waals surface area contributed by atoms with Gasteiger partial charge in [-0.25, -0.2) is 24.3 Å². The highest BCUT2D eigenvalue weighted by Crippen LogP contribution is 2.41. The summed E-state index contributed by atoms with van der Waals surface area (Å²) in [5, 5.41) is 14.2. The maximum Gasteiger partial charge on any atom is 0.292 e. The molecule has 0 aliphatic carbocycles. The van der Waals surface area contributed by atoms with Crippen LogP contribution in [-0.4, -0.2) is 79.2 Å². The predicted molar refractivity (Wildman–Crippen MR) is 170 cm³/mol. The second kappa shape index (κ2) is 10.6. The van der Waals surface area contributed by atoms with Crippen LogP contribution in [-0.2, 0) is 16.9 Å². The number of anilines is 3. The number of rotatable bonds is 7. The second-order valence-corrected chi connectivity index (χ2v) is 12.4. The molecule has 12 nitrogen and oxygen atoms in total. The van der Waals surface area contributed by atoms with Crippen molar-refractivity contribution >= 4 is 34.4 Å². The van der Waals surface area contributed by atoms with E-state index >= 15 is 0 Å². The van der Waals surface area contributed by atoms with Crippen LogP contribution in [0.3, 0.4) is 0 Å². The first-order chi connectivity index (χ1) is 21.1. The number of aliphatic hydroxyl groups is 1. The molecule has 4 aliphatic rings. The number of nitrogens with zero attached hydrogens (tertiary/aromatic N) is 8. The van der Waals surface area contributed by atoms with Gasteiger partial charge in [0.05, 0.1) is 18.8 Å². The molecule has 2 N–H and O–H groups in total. The normalized spacial score (nSPS) is 22.7. The molecule has 3 fully saturated rings. The summed E-state index contributed by atoms with van der Waals surface area (Å²) in [5.74, 6) is 1.35. The molecule has 1 unspecified atom stereocenters. The van der Waals surface area contributed by atoms with Crippen molar-refractivity contribution in [3.63, 3.8) is 0 Å². The Hall–Kier alpha value is -4.55. The zero-order chi connectivity index (χ0) is 30.6. The topological polar surface area (TPSA) is 126 Å². The van der Waals surface area contributed by atoms with E-state index in [1.54, 1.807) is 42.8 Å². The first kappa shape index (κ1) is 28.2. The quantitative estimate of drug-likeness (QED) is 0.309. The fourth-order valence-corrected chi connectivity index (χ4v) is 6.54. The lowest BCUT2D eigenvalue weighted by atomic mass is 9.75. The molecule has 1 aromatic carbocycles. The molecule has 0 amide bonds. The Morgan fingerprint density at radius 1 is 1.18 bits per heavy atom. The highest BCUT2D eigenvalue weighted by molar-refractivity contribution is 5.92. The lowest BCUT2D eigenvalue weighted by Gasteiger charge is -2.50. The maximum absolute atomic E-state index is 13.3. The van der Waals surface area contributed by atoms with Crippen molar-refractivity contribution in [3.05, 3.63) is 77.4 Å². The SMILES string of the molecule is C=CCn1c(=O)c2cnc(Nc3ccc(N(C)C4=NCC5(CN6CCC5CC6)O4)cc3)nc2n1-c1cccc(C(C)(C)O)n1. The van der Waals surface area contributed by atoms with Gasteiger partial charge in [-0.2, -0.15) is 4.98 Å². The van der Waals surface area contributed by atoms with Crippen molar-refractivity contribution in [1.82, 2.24) is 29.2 Å². The maximum atomic E-state index is 13.3. The average molecular weight is 596 g/mol. The van der Waals surface area contributed by atoms with Gasteiger partial charge >= 0.3 is 0 Å². The van der Waals surface area contributed by atoms with Gasteiger partial charge in [-0.05, 0) is 76.2 Å². The Bertz CT molecular complexity index is 1810. The Morgan fingerprint density at radius 3 is 2.64 bits per heavy atom. The van der Waals surface area contributed by atoms with Crippen LogP contribution in [0.1, 0.15) is 32.4 Å². The molecule has 1 atom stereocenters. The number of nitrogens with one attached hydrogen (secondary N) is 1. The van der Waals surface area contributed by atoms with Gasteiger partial charge in [0.15, 0.2) is 11.5 Å². The van der Waals surface area contributed by atoms with Gasteiger partial charge in [0.25, 0.3) is 11.6 Å². The van der Waals surface area contributed by atoms with Crippen molar-refractivity contribution in [3.8, 4) is 5.82 Å². The van der Waals surface area contributed by atoms with Gasteiger partial charge in [-0.15, -0.1) is 6.58 Å². The number of hydrogen-bond acceptors (Lipinski definition) is 10. The number of benzene rings is 1. The number of aromatic nitrogens is 5. The van der Waals surface area contributed by atoms with Crippen LogP contribution < -0.4 is 15.8 Å². The Morgan fingerprint density at radius 2 is 1.95 bits per heavy atom. The van der Waals surface area contributed by atoms with Gasteiger partial charge in [0.2, 0.25) is 5.95 Å². The van der Waals surface area contributed by atoms with E-state index < -0.39 is 5.60 Å². The van der Waals surface area contributed by atoms with Crippen molar-refractivity contribution in [2.75, 3.05) is 43.4 Å². The molecular weight excluding hydrogens is 558 g/mol. The Kier molecular flexibility index (Phi) is 6.78. The van der Waals surface area contributed by atoms with Crippen LogP contribution in [0.4, 0.5) is 17.3 Å². The van der Waals surface area contributed by atoms with Crippen LogP contribution >= 0.6 is 0 Å². The van der Waals surface area contributed by atoms with Crippen molar-refractivity contribution in [1.29, 1.82) is 0 Å². The van der Waals surface area contributed by atoms with E-state index in [0.29, 0.717) is 47.0 Å². The molecule has 1 spiro atoms. The lowest BCUT2D eigenvalue weighted by Crippen LogP contribution is -2.61. The number of amidine groups is 1. The highest BCUT2D eigenvalue weighted by Gasteiger charge is 2.52. The zero-order valence-corrected chi connectivity index (χ0v) is 25.3. The summed E-state index contributed by atoms with van der Waals surface area (Å²) in [6, 6.07) is 13.9. The number of allylic oxidation sites excluding steroid dienone is 1. The smallest absolute Gasteiger partial charge is 0.292 e. The van der Waals surface area contributed by atoms with Gasteiger partial charge in [-0.3, -0.25) is 14.6 Å². The molecule has 12 heteroatoms. The number of hydrogen-bond donors (Lipinski definition) is 2. The monoisotopic (exact) mass is 595 g/mol. The van der Waals surface area contributed by atoms with Crippen molar-refractivity contribution in [2.45, 2.75) is 44.4 Å². The van der Waals surface area contributed by atoms with Gasteiger partial charge in [0.1, 0.15) is 16.6 Å². The predicted octanol–water partition coefficient (Wildman–Crippen LogP) is 3.42.